The van der Waals surface area contributed by atoms with Gasteiger partial charge in [-0.25, -0.2) is 0 Å². The van der Waals surface area contributed by atoms with Crippen LogP contribution < -0.4 is 9.05 Å². The summed E-state index contributed by atoms with van der Waals surface area (Å²) in [5.41, 5.74) is 6.23. The largest absolute Gasteiger partial charge is 0.463 e. The van der Waals surface area contributed by atoms with Crippen molar-refractivity contribution in [1.29, 1.82) is 0 Å². The van der Waals surface area contributed by atoms with Gasteiger partial charge in [0.25, 0.3) is 0 Å². The van der Waals surface area contributed by atoms with Crippen LogP contribution in [0.15, 0.2) is 30.3 Å². The Labute approximate surface area is 254 Å². The second kappa shape index (κ2) is 12.6. The molecular weight excluding hydrogens is 523 g/mol. The van der Waals surface area contributed by atoms with Crippen molar-refractivity contribution in [2.45, 2.75) is 145 Å². The van der Waals surface area contributed by atoms with Gasteiger partial charge in [-0.3, -0.25) is 4.52 Å². The summed E-state index contributed by atoms with van der Waals surface area (Å²) in [5.74, 6) is 2.44. The predicted octanol–water partition coefficient (Wildman–Crippen LogP) is 12.0. The first-order valence-corrected chi connectivity index (χ1v) is 17.0. The van der Waals surface area contributed by atoms with Crippen LogP contribution in [0.5, 0.6) is 11.5 Å². The van der Waals surface area contributed by atoms with Gasteiger partial charge in [0, 0.05) is 22.6 Å². The van der Waals surface area contributed by atoms with Crippen molar-refractivity contribution in [3.05, 3.63) is 58.1 Å². The van der Waals surface area contributed by atoms with Crippen molar-refractivity contribution >= 4 is 8.60 Å². The lowest BCUT2D eigenvalue weighted by molar-refractivity contribution is 0.203. The van der Waals surface area contributed by atoms with E-state index >= 15 is 0 Å². The van der Waals surface area contributed by atoms with Gasteiger partial charge in [0.05, 0.1) is 6.61 Å². The highest BCUT2D eigenvalue weighted by molar-refractivity contribution is 7.42. The summed E-state index contributed by atoms with van der Waals surface area (Å²) < 4.78 is 20.4. The van der Waals surface area contributed by atoms with E-state index in [-0.39, 0.29) is 27.6 Å². The van der Waals surface area contributed by atoms with Gasteiger partial charge in [0.15, 0.2) is 0 Å². The zero-order valence-electron chi connectivity index (χ0n) is 28.7. The maximum atomic E-state index is 7.10. The van der Waals surface area contributed by atoms with Crippen molar-refractivity contribution in [3.63, 3.8) is 0 Å². The molecule has 1 heterocycles. The third kappa shape index (κ3) is 7.88. The van der Waals surface area contributed by atoms with Crippen LogP contribution in [0.2, 0.25) is 0 Å². The molecule has 0 N–H and O–H groups in total. The van der Waals surface area contributed by atoms with Gasteiger partial charge in [-0.15, -0.1) is 0 Å². The lowest BCUT2D eigenvalue weighted by Gasteiger charge is -2.42. The van der Waals surface area contributed by atoms with Crippen LogP contribution in [-0.4, -0.2) is 6.61 Å². The van der Waals surface area contributed by atoms with E-state index in [1.54, 1.807) is 0 Å². The van der Waals surface area contributed by atoms with Crippen molar-refractivity contribution in [2.24, 2.45) is 11.3 Å². The SMILES string of the molecule is CCCCC(CC)COP1Oc2ccccc2C(C(C)(C)C)c2cc(C(C)(C)C)c(C(C)(C)C)c(C(C)(C)C)c2O1. The molecule has 4 heteroatoms. The fourth-order valence-corrected chi connectivity index (χ4v) is 7.43. The number of hydrogen-bond acceptors (Lipinski definition) is 3. The van der Waals surface area contributed by atoms with Gasteiger partial charge in [-0.2, -0.15) is 0 Å². The fraction of sp³-hybridized carbons (Fsp3) is 0.676. The van der Waals surface area contributed by atoms with Crippen LogP contribution in [-0.2, 0) is 20.8 Å². The molecule has 3 rings (SSSR count). The second-order valence-electron chi connectivity index (χ2n) is 16.3. The van der Waals surface area contributed by atoms with Crippen molar-refractivity contribution in [3.8, 4) is 11.5 Å². The van der Waals surface area contributed by atoms with Crippen LogP contribution in [0.25, 0.3) is 0 Å². The first kappa shape index (κ1) is 33.9. The normalized spacial score (nSPS) is 18.9. The van der Waals surface area contributed by atoms with E-state index in [0.29, 0.717) is 12.5 Å². The second-order valence-corrected chi connectivity index (χ2v) is 17.4. The first-order valence-electron chi connectivity index (χ1n) is 15.9. The molecule has 0 saturated carbocycles. The van der Waals surface area contributed by atoms with Gasteiger partial charge in [-0.1, -0.05) is 140 Å². The Balaban J connectivity index is 2.40. The van der Waals surface area contributed by atoms with Crippen molar-refractivity contribution in [2.75, 3.05) is 6.61 Å². The van der Waals surface area contributed by atoms with E-state index < -0.39 is 8.60 Å². The monoisotopic (exact) mass is 582 g/mol. The average molecular weight is 583 g/mol. The van der Waals surface area contributed by atoms with Crippen LogP contribution >= 0.6 is 8.60 Å². The number of para-hydroxylation sites is 1. The summed E-state index contributed by atoms with van der Waals surface area (Å²) in [4.78, 5) is 0. The zero-order chi connectivity index (χ0) is 31.0. The number of fused-ring (bicyclic) bond motifs is 2. The molecule has 0 radical (unpaired) electrons. The molecule has 0 aliphatic carbocycles. The Bertz CT molecular complexity index is 1170. The fourth-order valence-electron chi connectivity index (χ4n) is 6.28. The molecule has 2 aromatic rings. The Kier molecular flexibility index (Phi) is 10.4. The Morgan fingerprint density at radius 1 is 0.780 bits per heavy atom. The van der Waals surface area contributed by atoms with Crippen LogP contribution in [0.4, 0.5) is 0 Å². The first-order chi connectivity index (χ1) is 18.8. The van der Waals surface area contributed by atoms with Gasteiger partial charge in [0.2, 0.25) is 0 Å². The predicted molar refractivity (Wildman–Crippen MR) is 178 cm³/mol. The molecule has 0 aromatic heterocycles. The van der Waals surface area contributed by atoms with Crippen LogP contribution in [0.3, 0.4) is 0 Å². The van der Waals surface area contributed by atoms with Crippen molar-refractivity contribution < 1.29 is 13.6 Å². The molecule has 3 unspecified atom stereocenters. The van der Waals surface area contributed by atoms with E-state index in [1.807, 2.05) is 0 Å². The van der Waals surface area contributed by atoms with Gasteiger partial charge in [0.1, 0.15) is 11.5 Å². The molecule has 3 atom stereocenters. The summed E-state index contributed by atoms with van der Waals surface area (Å²) in [6.45, 7) is 33.2. The molecule has 0 bridgehead atoms. The zero-order valence-corrected chi connectivity index (χ0v) is 29.6. The summed E-state index contributed by atoms with van der Waals surface area (Å²) in [6, 6.07) is 11.0. The molecule has 0 amide bonds. The van der Waals surface area contributed by atoms with E-state index in [0.717, 1.165) is 17.9 Å². The van der Waals surface area contributed by atoms with Gasteiger partial charge < -0.3 is 9.05 Å². The number of benzene rings is 2. The molecule has 3 nitrogen and oxygen atoms in total. The third-order valence-electron chi connectivity index (χ3n) is 8.32. The van der Waals surface area contributed by atoms with E-state index in [9.17, 15) is 0 Å². The molecule has 0 spiro atoms. The molecule has 0 saturated heterocycles. The van der Waals surface area contributed by atoms with Crippen LogP contribution in [0.1, 0.15) is 156 Å². The lowest BCUT2D eigenvalue weighted by atomic mass is 9.64. The smallest absolute Gasteiger partial charge is 0.417 e. The van der Waals surface area contributed by atoms with Gasteiger partial charge in [-0.05, 0) is 51.2 Å². The molecule has 2 aromatic carbocycles. The Morgan fingerprint density at radius 2 is 1.39 bits per heavy atom. The number of rotatable bonds is 7. The highest BCUT2D eigenvalue weighted by atomic mass is 31.2. The highest BCUT2D eigenvalue weighted by Crippen LogP contribution is 2.59. The minimum Gasteiger partial charge on any atom is -0.417 e. The topological polar surface area (TPSA) is 27.7 Å². The third-order valence-corrected chi connectivity index (χ3v) is 9.36. The molecular formula is C37H59O3P. The van der Waals surface area contributed by atoms with Crippen molar-refractivity contribution in [1.82, 2.24) is 0 Å². The summed E-state index contributed by atoms with van der Waals surface area (Å²) in [7, 11) is -1.65. The molecule has 1 aliphatic rings. The summed E-state index contributed by atoms with van der Waals surface area (Å²) >= 11 is 0. The van der Waals surface area contributed by atoms with E-state index in [2.05, 4.69) is 127 Å². The van der Waals surface area contributed by atoms with Gasteiger partial charge >= 0.3 is 8.60 Å². The quantitative estimate of drug-likeness (QED) is 0.304. The summed E-state index contributed by atoms with van der Waals surface area (Å²) in [6.07, 6.45) is 4.69. The maximum absolute atomic E-state index is 7.10. The Hall–Kier alpha value is -1.57. The highest BCUT2D eigenvalue weighted by Gasteiger charge is 2.43. The summed E-state index contributed by atoms with van der Waals surface area (Å²) in [5, 5.41) is 0. The standard InChI is InChI=1S/C37H59O3P/c1-15-17-20-25(16-2)24-38-41-39-29-22-19-18-21-26(29)30(35(6,7)8)27-23-28(34(3,4)5)31(36(9,10)11)32(33(27)40-41)37(12,13)14/h18-19,21-23,25,30H,15-17,20,24H2,1-14H3. The molecule has 1 aliphatic heterocycles. The molecule has 230 valence electrons. The minimum absolute atomic E-state index is 0.0344. The average Bonchev–Trinajstić information content (AvgIpc) is 2.81. The lowest BCUT2D eigenvalue weighted by Crippen LogP contribution is -2.31. The van der Waals surface area contributed by atoms with E-state index in [4.69, 9.17) is 13.6 Å². The van der Waals surface area contributed by atoms with E-state index in [1.165, 1.54) is 47.1 Å². The Morgan fingerprint density at radius 3 is 1.90 bits per heavy atom. The molecule has 0 fully saturated rings. The molecule has 41 heavy (non-hydrogen) atoms. The number of hydrogen-bond donors (Lipinski definition) is 0. The maximum Gasteiger partial charge on any atom is 0.463 e. The van der Waals surface area contributed by atoms with Crippen LogP contribution in [0, 0.1) is 11.3 Å². The minimum atomic E-state index is -1.65. The number of unbranched alkanes of at least 4 members (excludes halogenated alkanes) is 1.